The molecule has 1 aromatic rings. The number of nitrogens with one attached hydrogen (secondary N) is 4. The van der Waals surface area contributed by atoms with Gasteiger partial charge in [0.15, 0.2) is 10.9 Å². The van der Waals surface area contributed by atoms with E-state index in [1.54, 1.807) is 6.08 Å². The monoisotopic (exact) mass is 237 g/mol. The van der Waals surface area contributed by atoms with Gasteiger partial charge >= 0.3 is 0 Å². The van der Waals surface area contributed by atoms with Crippen LogP contribution in [-0.2, 0) is 13.0 Å². The molecule has 5 nitrogen and oxygen atoms in total. The maximum Gasteiger partial charge on any atom is 0.172 e. The molecule has 0 amide bonds. The summed E-state index contributed by atoms with van der Waals surface area (Å²) in [4.78, 5) is 0. The van der Waals surface area contributed by atoms with Crippen molar-refractivity contribution in [2.75, 3.05) is 18.4 Å². The third-order valence-corrected chi connectivity index (χ3v) is 2.69. The van der Waals surface area contributed by atoms with Gasteiger partial charge in [0.25, 0.3) is 0 Å². The van der Waals surface area contributed by atoms with Crippen LogP contribution < -0.4 is 16.0 Å². The maximum atomic E-state index is 5.13. The van der Waals surface area contributed by atoms with Crippen molar-refractivity contribution < 1.29 is 0 Å². The van der Waals surface area contributed by atoms with E-state index in [1.807, 2.05) is 0 Å². The van der Waals surface area contributed by atoms with Gasteiger partial charge in [0, 0.05) is 37.3 Å². The van der Waals surface area contributed by atoms with Crippen LogP contribution in [0.3, 0.4) is 0 Å². The maximum absolute atomic E-state index is 5.13. The smallest absolute Gasteiger partial charge is 0.172 e. The van der Waals surface area contributed by atoms with Crippen molar-refractivity contribution in [2.24, 2.45) is 0 Å². The molecule has 0 radical (unpaired) electrons. The zero-order chi connectivity index (χ0) is 11.4. The minimum absolute atomic E-state index is 0.569. The van der Waals surface area contributed by atoms with E-state index >= 15 is 0 Å². The molecule has 1 aliphatic heterocycles. The summed E-state index contributed by atoms with van der Waals surface area (Å²) in [6.45, 7) is 6.09. The third kappa shape index (κ3) is 2.40. The van der Waals surface area contributed by atoms with Gasteiger partial charge in [0.05, 0.1) is 0 Å². The number of nitrogens with zero attached hydrogens (tertiary/aromatic N) is 1. The molecule has 0 aromatic carbocycles. The number of aromatic nitrogens is 2. The number of aromatic amines is 1. The fourth-order valence-electron chi connectivity index (χ4n) is 1.65. The summed E-state index contributed by atoms with van der Waals surface area (Å²) in [5.41, 5.74) is 2.36. The van der Waals surface area contributed by atoms with Crippen molar-refractivity contribution in [3.05, 3.63) is 23.9 Å². The molecule has 86 valence electrons. The highest BCUT2D eigenvalue weighted by atomic mass is 32.1. The lowest BCUT2D eigenvalue weighted by atomic mass is 10.1. The van der Waals surface area contributed by atoms with Crippen molar-refractivity contribution in [2.45, 2.75) is 13.0 Å². The minimum Gasteiger partial charge on any atom is -0.359 e. The van der Waals surface area contributed by atoms with Crippen LogP contribution in [0.1, 0.15) is 11.3 Å². The second-order valence-electron chi connectivity index (χ2n) is 3.58. The Bertz CT molecular complexity index is 398. The number of rotatable bonds is 3. The van der Waals surface area contributed by atoms with Crippen LogP contribution in [0.4, 0.5) is 5.82 Å². The SMILES string of the molecule is C=CCNC(=S)Nc1n[nH]c2c1CNCC2. The fraction of sp³-hybridized carbons (Fsp3) is 0.400. The van der Waals surface area contributed by atoms with Crippen molar-refractivity contribution in [3.8, 4) is 0 Å². The summed E-state index contributed by atoms with van der Waals surface area (Å²) >= 11 is 5.13. The number of anilines is 1. The summed E-state index contributed by atoms with van der Waals surface area (Å²) in [6, 6.07) is 0. The van der Waals surface area contributed by atoms with Gasteiger partial charge in [-0.15, -0.1) is 6.58 Å². The second kappa shape index (κ2) is 5.09. The van der Waals surface area contributed by atoms with Gasteiger partial charge in [0.2, 0.25) is 0 Å². The van der Waals surface area contributed by atoms with Gasteiger partial charge in [-0.05, 0) is 12.2 Å². The Kier molecular flexibility index (Phi) is 3.53. The molecule has 2 rings (SSSR count). The van der Waals surface area contributed by atoms with Gasteiger partial charge in [0.1, 0.15) is 0 Å². The summed E-state index contributed by atoms with van der Waals surface area (Å²) in [6.07, 6.45) is 2.74. The molecule has 16 heavy (non-hydrogen) atoms. The van der Waals surface area contributed by atoms with Crippen molar-refractivity contribution in [1.29, 1.82) is 0 Å². The normalized spacial score (nSPS) is 14.0. The molecule has 0 atom stereocenters. The lowest BCUT2D eigenvalue weighted by Crippen LogP contribution is -2.30. The zero-order valence-electron chi connectivity index (χ0n) is 8.97. The van der Waals surface area contributed by atoms with E-state index in [0.717, 1.165) is 25.3 Å². The first-order valence-corrected chi connectivity index (χ1v) is 5.64. The van der Waals surface area contributed by atoms with Gasteiger partial charge in [-0.25, -0.2) is 0 Å². The summed E-state index contributed by atoms with van der Waals surface area (Å²) in [7, 11) is 0. The van der Waals surface area contributed by atoms with Crippen LogP contribution in [0.2, 0.25) is 0 Å². The zero-order valence-corrected chi connectivity index (χ0v) is 9.78. The summed E-state index contributed by atoms with van der Waals surface area (Å²) < 4.78 is 0. The van der Waals surface area contributed by atoms with E-state index in [0.29, 0.717) is 11.7 Å². The Labute approximate surface area is 99.7 Å². The quantitative estimate of drug-likeness (QED) is 0.456. The predicted octanol–water partition coefficient (Wildman–Crippen LogP) is 0.528. The second-order valence-corrected chi connectivity index (χ2v) is 3.99. The van der Waals surface area contributed by atoms with Gasteiger partial charge in [-0.3, -0.25) is 5.10 Å². The van der Waals surface area contributed by atoms with E-state index in [9.17, 15) is 0 Å². The fourth-order valence-corrected chi connectivity index (χ4v) is 1.83. The summed E-state index contributed by atoms with van der Waals surface area (Å²) in [5.74, 6) is 0.809. The predicted molar refractivity (Wildman–Crippen MR) is 68.4 cm³/mol. The summed E-state index contributed by atoms with van der Waals surface area (Å²) in [5, 5.41) is 17.2. The molecular weight excluding hydrogens is 222 g/mol. The first-order chi connectivity index (χ1) is 7.81. The molecule has 0 saturated heterocycles. The third-order valence-electron chi connectivity index (χ3n) is 2.45. The van der Waals surface area contributed by atoms with E-state index in [4.69, 9.17) is 12.2 Å². The average Bonchev–Trinajstić information content (AvgIpc) is 2.70. The van der Waals surface area contributed by atoms with E-state index in [1.165, 1.54) is 11.3 Å². The number of hydrogen-bond acceptors (Lipinski definition) is 3. The molecular formula is C10H15N5S. The standard InChI is InChI=1S/C10H15N5S/c1-2-4-12-10(16)13-9-7-6-11-5-3-8(7)14-15-9/h2,11H,1,3-6H2,(H3,12,13,14,15,16). The Morgan fingerprint density at radius 2 is 2.50 bits per heavy atom. The first-order valence-electron chi connectivity index (χ1n) is 5.24. The lowest BCUT2D eigenvalue weighted by Gasteiger charge is -2.14. The van der Waals surface area contributed by atoms with E-state index in [-0.39, 0.29) is 0 Å². The van der Waals surface area contributed by atoms with Crippen LogP contribution in [-0.4, -0.2) is 28.4 Å². The Balaban J connectivity index is 2.01. The molecule has 2 heterocycles. The Morgan fingerprint density at radius 3 is 3.31 bits per heavy atom. The molecule has 1 aromatic heterocycles. The molecule has 4 N–H and O–H groups in total. The van der Waals surface area contributed by atoms with Crippen molar-refractivity contribution in [1.82, 2.24) is 20.8 Å². The molecule has 1 aliphatic rings. The Morgan fingerprint density at radius 1 is 1.62 bits per heavy atom. The average molecular weight is 237 g/mol. The highest BCUT2D eigenvalue weighted by molar-refractivity contribution is 7.80. The van der Waals surface area contributed by atoms with Crippen molar-refractivity contribution >= 4 is 23.1 Å². The topological polar surface area (TPSA) is 64.8 Å². The first kappa shape index (κ1) is 11.1. The number of thiocarbonyl (C=S) groups is 1. The molecule has 0 unspecified atom stereocenters. The van der Waals surface area contributed by atoms with Crippen LogP contribution in [0.5, 0.6) is 0 Å². The minimum atomic E-state index is 0.569. The van der Waals surface area contributed by atoms with Crippen LogP contribution in [0.15, 0.2) is 12.7 Å². The van der Waals surface area contributed by atoms with Gasteiger partial charge in [-0.1, -0.05) is 6.08 Å². The molecule has 0 fully saturated rings. The molecule has 0 aliphatic carbocycles. The Hall–Kier alpha value is -1.40. The number of fused-ring (bicyclic) bond motifs is 1. The van der Waals surface area contributed by atoms with E-state index in [2.05, 4.69) is 32.7 Å². The lowest BCUT2D eigenvalue weighted by molar-refractivity contribution is 0.637. The van der Waals surface area contributed by atoms with Gasteiger partial charge < -0.3 is 16.0 Å². The van der Waals surface area contributed by atoms with E-state index < -0.39 is 0 Å². The van der Waals surface area contributed by atoms with Crippen LogP contribution >= 0.6 is 12.2 Å². The molecule has 6 heteroatoms. The molecule has 0 spiro atoms. The number of hydrogen-bond donors (Lipinski definition) is 4. The van der Waals surface area contributed by atoms with Crippen molar-refractivity contribution in [3.63, 3.8) is 0 Å². The van der Waals surface area contributed by atoms with Crippen LogP contribution in [0, 0.1) is 0 Å². The highest BCUT2D eigenvalue weighted by Gasteiger charge is 2.16. The highest BCUT2D eigenvalue weighted by Crippen LogP contribution is 2.19. The molecule has 0 saturated carbocycles. The molecule has 0 bridgehead atoms. The number of H-pyrrole nitrogens is 1. The van der Waals surface area contributed by atoms with Gasteiger partial charge in [-0.2, -0.15) is 5.10 Å². The van der Waals surface area contributed by atoms with Crippen LogP contribution in [0.25, 0.3) is 0 Å². The largest absolute Gasteiger partial charge is 0.359 e.